The maximum atomic E-state index is 14.9. The molecule has 0 bridgehead atoms. The number of aryl methyl sites for hydroxylation is 1. The molecule has 3 aromatic heterocycles. The van der Waals surface area contributed by atoms with Crippen LogP contribution in [0.2, 0.25) is 0 Å². The molecule has 1 aliphatic rings. The maximum absolute atomic E-state index is 14.9. The van der Waals surface area contributed by atoms with E-state index in [0.717, 1.165) is 12.1 Å². The van der Waals surface area contributed by atoms with E-state index < -0.39 is 41.0 Å². The van der Waals surface area contributed by atoms with Gasteiger partial charge in [0.2, 0.25) is 11.9 Å². The van der Waals surface area contributed by atoms with Crippen molar-refractivity contribution in [1.82, 2.24) is 19.7 Å². The Morgan fingerprint density at radius 3 is 2.63 bits per heavy atom. The normalized spacial score (nSPS) is 14.6. The number of halogens is 3. The summed E-state index contributed by atoms with van der Waals surface area (Å²) < 4.78 is 48.7. The number of anilines is 1. The Balaban J connectivity index is 1.50. The van der Waals surface area contributed by atoms with Gasteiger partial charge in [0.25, 0.3) is 0 Å². The van der Waals surface area contributed by atoms with E-state index >= 15 is 0 Å². The lowest BCUT2D eigenvalue weighted by Gasteiger charge is -2.15. The lowest BCUT2D eigenvalue weighted by atomic mass is 10.1. The van der Waals surface area contributed by atoms with Gasteiger partial charge in [-0.3, -0.25) is 19.3 Å². The number of amides is 1. The molecule has 1 saturated carbocycles. The van der Waals surface area contributed by atoms with Gasteiger partial charge >= 0.3 is 5.97 Å². The van der Waals surface area contributed by atoms with Crippen molar-refractivity contribution in [2.45, 2.75) is 32.3 Å². The zero-order valence-electron chi connectivity index (χ0n) is 18.7. The molecule has 12 heteroatoms. The third-order valence-corrected chi connectivity index (χ3v) is 5.71. The van der Waals surface area contributed by atoms with E-state index in [1.807, 2.05) is 6.07 Å². The van der Waals surface area contributed by atoms with Crippen LogP contribution in [0.3, 0.4) is 0 Å². The fraction of sp³-hybridized carbons (Fsp3) is 0.304. The van der Waals surface area contributed by atoms with E-state index in [-0.39, 0.29) is 34.6 Å². The number of nitrogens with zero attached hydrogens (tertiary/aromatic N) is 5. The van der Waals surface area contributed by atoms with Crippen LogP contribution in [-0.4, -0.2) is 31.6 Å². The summed E-state index contributed by atoms with van der Waals surface area (Å²) in [4.78, 5) is 32.1. The molecule has 35 heavy (non-hydrogen) atoms. The first kappa shape index (κ1) is 23.9. The minimum atomic E-state index is -1.12. The molecule has 0 aromatic carbocycles. The monoisotopic (exact) mass is 484 g/mol. The van der Waals surface area contributed by atoms with Crippen molar-refractivity contribution in [3.05, 3.63) is 59.6 Å². The second-order valence-electron chi connectivity index (χ2n) is 8.17. The highest BCUT2D eigenvalue weighted by atomic mass is 19.1. The second-order valence-corrected chi connectivity index (χ2v) is 8.17. The molecule has 1 N–H and O–H groups in total. The smallest absolute Gasteiger partial charge is 0.312 e. The van der Waals surface area contributed by atoms with Gasteiger partial charge in [0.05, 0.1) is 48.0 Å². The van der Waals surface area contributed by atoms with Crippen molar-refractivity contribution < 1.29 is 27.5 Å². The number of nitriles is 1. The highest BCUT2D eigenvalue weighted by Gasteiger charge is 2.50. The number of hydrogen-bond donors (Lipinski definition) is 1. The van der Waals surface area contributed by atoms with Gasteiger partial charge in [-0.1, -0.05) is 0 Å². The molecular weight excluding hydrogens is 465 g/mol. The average molecular weight is 484 g/mol. The van der Waals surface area contributed by atoms with E-state index in [9.17, 15) is 22.8 Å². The Labute approximate surface area is 197 Å². The van der Waals surface area contributed by atoms with Crippen LogP contribution in [0.1, 0.15) is 37.1 Å². The maximum Gasteiger partial charge on any atom is 0.312 e. The highest BCUT2D eigenvalue weighted by molar-refractivity contribution is 5.99. The van der Waals surface area contributed by atoms with Crippen LogP contribution in [0.15, 0.2) is 30.7 Å². The molecule has 180 valence electrons. The van der Waals surface area contributed by atoms with Crippen molar-refractivity contribution >= 4 is 17.6 Å². The van der Waals surface area contributed by atoms with E-state index in [0.29, 0.717) is 19.0 Å². The molecule has 0 unspecified atom stereocenters. The van der Waals surface area contributed by atoms with Gasteiger partial charge in [0, 0.05) is 18.7 Å². The Kier molecular flexibility index (Phi) is 6.26. The van der Waals surface area contributed by atoms with Gasteiger partial charge in [0.1, 0.15) is 23.0 Å². The quantitative estimate of drug-likeness (QED) is 0.403. The lowest BCUT2D eigenvalue weighted by molar-refractivity contribution is -0.148. The van der Waals surface area contributed by atoms with Gasteiger partial charge < -0.3 is 10.1 Å². The molecule has 1 atom stereocenters. The molecule has 0 aliphatic heterocycles. The molecule has 1 aliphatic carbocycles. The van der Waals surface area contributed by atoms with Crippen molar-refractivity contribution in [3.63, 3.8) is 0 Å². The Morgan fingerprint density at radius 1 is 1.23 bits per heavy atom. The number of ether oxygens (including phenoxy) is 1. The number of pyridine rings is 2. The first-order valence-electron chi connectivity index (χ1n) is 10.5. The van der Waals surface area contributed by atoms with Crippen LogP contribution < -0.4 is 5.32 Å². The lowest BCUT2D eigenvalue weighted by Crippen LogP contribution is -2.22. The van der Waals surface area contributed by atoms with Crippen molar-refractivity contribution in [3.8, 4) is 17.3 Å². The molecule has 0 spiro atoms. The summed E-state index contributed by atoms with van der Waals surface area (Å²) in [6, 6.07) is 3.90. The van der Waals surface area contributed by atoms with Crippen LogP contribution in [0.25, 0.3) is 11.3 Å². The molecule has 4 rings (SSSR count). The third-order valence-electron chi connectivity index (χ3n) is 5.71. The summed E-state index contributed by atoms with van der Waals surface area (Å²) in [5.41, 5.74) is -0.853. The standard InChI is InChI=1S/C23H19F3N6O3/c1-12(15-5-13(24)8-29-21(15)26)35-19(33)7-18-16(10-30-32(18)2)20-17(25)6-14(9-28-20)31-22(34)23(11-27)3-4-23/h5-6,8-10,12H,3-4,7H2,1-2H3,(H,31,34)/t12-/m1/s1. The van der Waals surface area contributed by atoms with Gasteiger partial charge in [-0.25, -0.2) is 13.8 Å². The van der Waals surface area contributed by atoms with E-state index in [2.05, 4.69) is 20.4 Å². The van der Waals surface area contributed by atoms with Crippen LogP contribution >= 0.6 is 0 Å². The number of aromatic nitrogens is 4. The predicted molar refractivity (Wildman–Crippen MR) is 115 cm³/mol. The molecule has 1 amide bonds. The average Bonchev–Trinajstić information content (AvgIpc) is 3.55. The van der Waals surface area contributed by atoms with Gasteiger partial charge in [-0.15, -0.1) is 0 Å². The van der Waals surface area contributed by atoms with Crippen molar-refractivity contribution in [2.24, 2.45) is 12.5 Å². The summed E-state index contributed by atoms with van der Waals surface area (Å²) in [6.07, 6.45) is 2.68. The first-order chi connectivity index (χ1) is 16.6. The van der Waals surface area contributed by atoms with Crippen LogP contribution in [-0.2, 0) is 27.8 Å². The van der Waals surface area contributed by atoms with E-state index in [1.54, 1.807) is 0 Å². The predicted octanol–water partition coefficient (Wildman–Crippen LogP) is 3.38. The summed E-state index contributed by atoms with van der Waals surface area (Å²) in [6.45, 7) is 1.37. The Hall–Kier alpha value is -4.27. The fourth-order valence-electron chi connectivity index (χ4n) is 3.50. The third kappa shape index (κ3) is 4.84. The largest absolute Gasteiger partial charge is 0.457 e. The van der Waals surface area contributed by atoms with E-state index in [1.165, 1.54) is 31.0 Å². The number of carbonyl (C=O) groups excluding carboxylic acids is 2. The number of nitrogens with one attached hydrogen (secondary N) is 1. The molecule has 3 aromatic rings. The SMILES string of the molecule is C[C@@H](OC(=O)Cc1c(-c2ncc(NC(=O)C3(C#N)CC3)cc2F)cnn1C)c1cc(F)cnc1F. The molecule has 9 nitrogen and oxygen atoms in total. The minimum absolute atomic E-state index is 0.0854. The minimum Gasteiger partial charge on any atom is -0.457 e. The number of rotatable bonds is 7. The van der Waals surface area contributed by atoms with Gasteiger partial charge in [-0.2, -0.15) is 14.8 Å². The van der Waals surface area contributed by atoms with E-state index in [4.69, 9.17) is 10.00 Å². The molecular formula is C23H19F3N6O3. The van der Waals surface area contributed by atoms with Crippen molar-refractivity contribution in [1.29, 1.82) is 5.26 Å². The second kappa shape index (κ2) is 9.17. The molecule has 3 heterocycles. The summed E-state index contributed by atoms with van der Waals surface area (Å²) in [5.74, 6) is -3.83. The Morgan fingerprint density at radius 2 is 1.97 bits per heavy atom. The molecule has 0 saturated heterocycles. The van der Waals surface area contributed by atoms with Crippen LogP contribution in [0, 0.1) is 34.3 Å². The molecule has 1 fully saturated rings. The summed E-state index contributed by atoms with van der Waals surface area (Å²) in [7, 11) is 1.54. The van der Waals surface area contributed by atoms with Gasteiger partial charge in [0.15, 0.2) is 5.82 Å². The number of esters is 1. The molecule has 0 radical (unpaired) electrons. The number of carbonyl (C=O) groups is 2. The zero-order valence-corrected chi connectivity index (χ0v) is 18.7. The summed E-state index contributed by atoms with van der Waals surface area (Å²) >= 11 is 0. The highest BCUT2D eigenvalue weighted by Crippen LogP contribution is 2.45. The Bertz CT molecular complexity index is 1360. The fourth-order valence-corrected chi connectivity index (χ4v) is 3.50. The first-order valence-corrected chi connectivity index (χ1v) is 10.5. The van der Waals surface area contributed by atoms with Crippen LogP contribution in [0.4, 0.5) is 18.9 Å². The topological polar surface area (TPSA) is 123 Å². The number of hydrogen-bond acceptors (Lipinski definition) is 7. The zero-order chi connectivity index (χ0) is 25.3. The van der Waals surface area contributed by atoms with Crippen molar-refractivity contribution in [2.75, 3.05) is 5.32 Å². The van der Waals surface area contributed by atoms with Crippen LogP contribution in [0.5, 0.6) is 0 Å². The summed E-state index contributed by atoms with van der Waals surface area (Å²) in [5, 5.41) is 15.7. The van der Waals surface area contributed by atoms with Gasteiger partial charge in [-0.05, 0) is 25.8 Å².